The average molecular weight is 158 g/mol. The number of rotatable bonds is 3. The predicted molar refractivity (Wildman–Crippen MR) is 44.6 cm³/mol. The first-order valence-corrected chi connectivity index (χ1v) is 4.36. The van der Waals surface area contributed by atoms with Crippen LogP contribution in [-0.4, -0.2) is 26.4 Å². The second-order valence-electron chi connectivity index (χ2n) is 3.57. The van der Waals surface area contributed by atoms with E-state index in [1.807, 2.05) is 0 Å². The van der Waals surface area contributed by atoms with Gasteiger partial charge in [-0.3, -0.25) is 0 Å². The molecule has 0 aromatic heterocycles. The van der Waals surface area contributed by atoms with Gasteiger partial charge >= 0.3 is 0 Å². The van der Waals surface area contributed by atoms with Crippen LogP contribution in [0.25, 0.3) is 0 Å². The summed E-state index contributed by atoms with van der Waals surface area (Å²) >= 11 is 0. The van der Waals surface area contributed by atoms with Gasteiger partial charge in [-0.25, -0.2) is 0 Å². The third-order valence-corrected chi connectivity index (χ3v) is 2.36. The predicted octanol–water partition coefficient (Wildman–Crippen LogP) is 1.69. The minimum absolute atomic E-state index is 0.387. The van der Waals surface area contributed by atoms with E-state index in [0.717, 1.165) is 19.6 Å². The SMILES string of the molecule is COC(C(C)C)C1CCOC1. The van der Waals surface area contributed by atoms with Gasteiger partial charge in [0.15, 0.2) is 0 Å². The third kappa shape index (κ3) is 2.17. The van der Waals surface area contributed by atoms with Gasteiger partial charge < -0.3 is 9.47 Å². The first-order chi connectivity index (χ1) is 5.25. The molecular weight excluding hydrogens is 140 g/mol. The van der Waals surface area contributed by atoms with Gasteiger partial charge in [-0.15, -0.1) is 0 Å². The lowest BCUT2D eigenvalue weighted by atomic mass is 9.93. The molecule has 0 N–H and O–H groups in total. The van der Waals surface area contributed by atoms with E-state index in [-0.39, 0.29) is 0 Å². The maximum Gasteiger partial charge on any atom is 0.0645 e. The molecule has 1 aliphatic heterocycles. The largest absolute Gasteiger partial charge is 0.381 e. The van der Waals surface area contributed by atoms with Crippen molar-refractivity contribution in [3.8, 4) is 0 Å². The van der Waals surface area contributed by atoms with Crippen LogP contribution in [0, 0.1) is 11.8 Å². The van der Waals surface area contributed by atoms with Gasteiger partial charge in [-0.1, -0.05) is 13.8 Å². The summed E-state index contributed by atoms with van der Waals surface area (Å²) in [5.74, 6) is 1.23. The van der Waals surface area contributed by atoms with Crippen LogP contribution >= 0.6 is 0 Å². The minimum Gasteiger partial charge on any atom is -0.381 e. The van der Waals surface area contributed by atoms with Crippen LogP contribution in [0.5, 0.6) is 0 Å². The van der Waals surface area contributed by atoms with E-state index in [1.165, 1.54) is 0 Å². The van der Waals surface area contributed by atoms with Crippen molar-refractivity contribution in [2.24, 2.45) is 11.8 Å². The second kappa shape index (κ2) is 4.07. The Labute approximate surface area is 68.9 Å². The molecule has 2 unspecified atom stereocenters. The Kier molecular flexibility index (Phi) is 3.34. The number of methoxy groups -OCH3 is 1. The normalized spacial score (nSPS) is 27.8. The molecule has 66 valence electrons. The van der Waals surface area contributed by atoms with Crippen molar-refractivity contribution in [2.75, 3.05) is 20.3 Å². The molecule has 0 radical (unpaired) electrons. The van der Waals surface area contributed by atoms with Crippen LogP contribution in [0.15, 0.2) is 0 Å². The first-order valence-electron chi connectivity index (χ1n) is 4.36. The molecule has 0 saturated carbocycles. The molecule has 0 amide bonds. The van der Waals surface area contributed by atoms with Crippen molar-refractivity contribution in [1.82, 2.24) is 0 Å². The molecule has 1 heterocycles. The summed E-state index contributed by atoms with van der Waals surface area (Å²) in [5, 5.41) is 0. The number of ether oxygens (including phenoxy) is 2. The van der Waals surface area contributed by atoms with Crippen molar-refractivity contribution in [3.05, 3.63) is 0 Å². The van der Waals surface area contributed by atoms with Crippen LogP contribution < -0.4 is 0 Å². The van der Waals surface area contributed by atoms with Gasteiger partial charge in [0.05, 0.1) is 12.7 Å². The Morgan fingerprint density at radius 2 is 2.18 bits per heavy atom. The summed E-state index contributed by atoms with van der Waals surface area (Å²) in [4.78, 5) is 0. The van der Waals surface area contributed by atoms with Crippen LogP contribution in [-0.2, 0) is 9.47 Å². The Morgan fingerprint density at radius 3 is 2.55 bits per heavy atom. The molecule has 0 aromatic rings. The van der Waals surface area contributed by atoms with Gasteiger partial charge in [0, 0.05) is 19.6 Å². The molecule has 1 rings (SSSR count). The summed E-state index contributed by atoms with van der Waals surface area (Å²) in [7, 11) is 1.79. The molecule has 11 heavy (non-hydrogen) atoms. The van der Waals surface area contributed by atoms with Crippen LogP contribution in [0.4, 0.5) is 0 Å². The fourth-order valence-electron chi connectivity index (χ4n) is 1.82. The summed E-state index contributed by atoms with van der Waals surface area (Å²) < 4.78 is 10.7. The zero-order chi connectivity index (χ0) is 8.27. The maximum absolute atomic E-state index is 5.42. The van der Waals surface area contributed by atoms with Gasteiger partial charge in [0.2, 0.25) is 0 Å². The average Bonchev–Trinajstić information content (AvgIpc) is 2.40. The zero-order valence-electron chi connectivity index (χ0n) is 7.67. The smallest absolute Gasteiger partial charge is 0.0645 e. The molecule has 1 fully saturated rings. The van der Waals surface area contributed by atoms with E-state index >= 15 is 0 Å². The third-order valence-electron chi connectivity index (χ3n) is 2.36. The van der Waals surface area contributed by atoms with Gasteiger partial charge in [-0.05, 0) is 12.3 Å². The van der Waals surface area contributed by atoms with E-state index in [2.05, 4.69) is 13.8 Å². The summed E-state index contributed by atoms with van der Waals surface area (Å²) in [6.07, 6.45) is 1.55. The molecule has 2 heteroatoms. The lowest BCUT2D eigenvalue weighted by Gasteiger charge is -2.24. The quantitative estimate of drug-likeness (QED) is 0.622. The first kappa shape index (κ1) is 9.01. The number of hydrogen-bond acceptors (Lipinski definition) is 2. The molecule has 1 aliphatic rings. The lowest BCUT2D eigenvalue weighted by Crippen LogP contribution is -2.28. The minimum atomic E-state index is 0.387. The van der Waals surface area contributed by atoms with E-state index in [4.69, 9.17) is 9.47 Å². The van der Waals surface area contributed by atoms with Crippen LogP contribution in [0.3, 0.4) is 0 Å². The summed E-state index contributed by atoms with van der Waals surface area (Å²) in [6, 6.07) is 0. The molecule has 0 bridgehead atoms. The van der Waals surface area contributed by atoms with Crippen LogP contribution in [0.1, 0.15) is 20.3 Å². The van der Waals surface area contributed by atoms with Crippen molar-refractivity contribution in [3.63, 3.8) is 0 Å². The molecule has 2 nitrogen and oxygen atoms in total. The molecule has 0 spiro atoms. The highest BCUT2D eigenvalue weighted by molar-refractivity contribution is 4.76. The number of hydrogen-bond donors (Lipinski definition) is 0. The zero-order valence-corrected chi connectivity index (χ0v) is 7.67. The topological polar surface area (TPSA) is 18.5 Å². The lowest BCUT2D eigenvalue weighted by molar-refractivity contribution is 0.0130. The second-order valence-corrected chi connectivity index (χ2v) is 3.57. The molecule has 2 atom stereocenters. The van der Waals surface area contributed by atoms with Crippen LogP contribution in [0.2, 0.25) is 0 Å². The van der Waals surface area contributed by atoms with Gasteiger partial charge in [-0.2, -0.15) is 0 Å². The fourth-order valence-corrected chi connectivity index (χ4v) is 1.82. The van der Waals surface area contributed by atoms with Crippen molar-refractivity contribution in [2.45, 2.75) is 26.4 Å². The molecule has 1 saturated heterocycles. The summed E-state index contributed by atoms with van der Waals surface area (Å²) in [5.41, 5.74) is 0. The molecular formula is C9H18O2. The highest BCUT2D eigenvalue weighted by atomic mass is 16.5. The Bertz CT molecular complexity index is 106. The van der Waals surface area contributed by atoms with Crippen molar-refractivity contribution >= 4 is 0 Å². The molecule has 0 aromatic carbocycles. The highest BCUT2D eigenvalue weighted by Crippen LogP contribution is 2.23. The highest BCUT2D eigenvalue weighted by Gasteiger charge is 2.27. The van der Waals surface area contributed by atoms with Gasteiger partial charge in [0.1, 0.15) is 0 Å². The Morgan fingerprint density at radius 1 is 1.45 bits per heavy atom. The molecule has 0 aliphatic carbocycles. The van der Waals surface area contributed by atoms with E-state index < -0.39 is 0 Å². The van der Waals surface area contributed by atoms with E-state index in [0.29, 0.717) is 17.9 Å². The fraction of sp³-hybridized carbons (Fsp3) is 1.00. The standard InChI is InChI=1S/C9H18O2/c1-7(2)9(10-3)8-4-5-11-6-8/h7-9H,4-6H2,1-3H3. The van der Waals surface area contributed by atoms with Crippen molar-refractivity contribution < 1.29 is 9.47 Å². The monoisotopic (exact) mass is 158 g/mol. The summed E-state index contributed by atoms with van der Waals surface area (Å²) in [6.45, 7) is 6.20. The van der Waals surface area contributed by atoms with E-state index in [1.54, 1.807) is 7.11 Å². The Balaban J connectivity index is 2.40. The maximum atomic E-state index is 5.42. The Hall–Kier alpha value is -0.0800. The van der Waals surface area contributed by atoms with Gasteiger partial charge in [0.25, 0.3) is 0 Å². The van der Waals surface area contributed by atoms with Crippen molar-refractivity contribution in [1.29, 1.82) is 0 Å². The van der Waals surface area contributed by atoms with E-state index in [9.17, 15) is 0 Å².